The topological polar surface area (TPSA) is 21.3 Å². The summed E-state index contributed by atoms with van der Waals surface area (Å²) in [5.74, 6) is 0.830. The lowest BCUT2D eigenvalue weighted by Crippen LogP contribution is -2.08. The van der Waals surface area contributed by atoms with Gasteiger partial charge in [0.25, 0.3) is 0 Å². The van der Waals surface area contributed by atoms with Gasteiger partial charge >= 0.3 is 0 Å². The molecule has 1 N–H and O–H groups in total. The second kappa shape index (κ2) is 5.78. The zero-order valence-electron chi connectivity index (χ0n) is 10.5. The third kappa shape index (κ3) is 2.77. The Balaban J connectivity index is 2.21. The van der Waals surface area contributed by atoms with Gasteiger partial charge in [-0.05, 0) is 30.7 Å². The molecule has 94 valence electrons. The van der Waals surface area contributed by atoms with Crippen molar-refractivity contribution in [3.63, 3.8) is 0 Å². The van der Waals surface area contributed by atoms with Gasteiger partial charge in [-0.2, -0.15) is 0 Å². The Kier molecular flexibility index (Phi) is 4.11. The van der Waals surface area contributed by atoms with Crippen LogP contribution in [0.4, 0.5) is 5.69 Å². The number of ether oxygens (including phenoxy) is 1. The highest BCUT2D eigenvalue weighted by Gasteiger charge is 2.10. The van der Waals surface area contributed by atoms with Crippen LogP contribution in [0, 0.1) is 0 Å². The Morgan fingerprint density at radius 2 is 1.72 bits per heavy atom. The number of halogens is 1. The molecule has 2 aromatic rings. The maximum absolute atomic E-state index is 6.19. The molecule has 1 atom stereocenters. The van der Waals surface area contributed by atoms with E-state index in [4.69, 9.17) is 16.3 Å². The molecule has 18 heavy (non-hydrogen) atoms. The molecule has 0 amide bonds. The minimum Gasteiger partial charge on any atom is -0.495 e. The van der Waals surface area contributed by atoms with Crippen LogP contribution in [0.3, 0.4) is 0 Å². The van der Waals surface area contributed by atoms with E-state index in [9.17, 15) is 0 Å². The van der Waals surface area contributed by atoms with E-state index < -0.39 is 0 Å². The van der Waals surface area contributed by atoms with Crippen molar-refractivity contribution in [3.8, 4) is 5.75 Å². The molecule has 0 saturated heterocycles. The summed E-state index contributed by atoms with van der Waals surface area (Å²) in [6, 6.07) is 15.8. The summed E-state index contributed by atoms with van der Waals surface area (Å²) in [7, 11) is 1.67. The molecular formula is C15H16ClNO. The number of hydrogen-bond donors (Lipinski definition) is 1. The lowest BCUT2D eigenvalue weighted by molar-refractivity contribution is 0.416. The van der Waals surface area contributed by atoms with Gasteiger partial charge in [0, 0.05) is 5.02 Å². The lowest BCUT2D eigenvalue weighted by Gasteiger charge is -2.18. The summed E-state index contributed by atoms with van der Waals surface area (Å²) < 4.78 is 5.32. The van der Waals surface area contributed by atoms with Crippen molar-refractivity contribution in [3.05, 3.63) is 59.1 Å². The van der Waals surface area contributed by atoms with E-state index in [1.165, 1.54) is 0 Å². The molecule has 0 aromatic heterocycles. The van der Waals surface area contributed by atoms with E-state index in [-0.39, 0.29) is 6.04 Å². The van der Waals surface area contributed by atoms with E-state index in [0.717, 1.165) is 22.0 Å². The van der Waals surface area contributed by atoms with Crippen LogP contribution in [0.2, 0.25) is 5.02 Å². The lowest BCUT2D eigenvalue weighted by atomic mass is 10.1. The van der Waals surface area contributed by atoms with Crippen LogP contribution in [-0.2, 0) is 0 Å². The minimum absolute atomic E-state index is 0.120. The Morgan fingerprint density at radius 1 is 1.06 bits per heavy atom. The fourth-order valence-corrected chi connectivity index (χ4v) is 2.20. The average Bonchev–Trinajstić information content (AvgIpc) is 2.39. The van der Waals surface area contributed by atoms with Crippen LogP contribution >= 0.6 is 11.6 Å². The third-order valence-corrected chi connectivity index (χ3v) is 3.19. The molecule has 3 heteroatoms. The van der Waals surface area contributed by atoms with Gasteiger partial charge < -0.3 is 10.1 Å². The Bertz CT molecular complexity index is 527. The summed E-state index contributed by atoms with van der Waals surface area (Å²) in [4.78, 5) is 0. The van der Waals surface area contributed by atoms with Gasteiger partial charge in [-0.1, -0.05) is 41.9 Å². The van der Waals surface area contributed by atoms with Crippen molar-refractivity contribution in [2.75, 3.05) is 12.4 Å². The first-order valence-electron chi connectivity index (χ1n) is 5.86. The maximum Gasteiger partial charge on any atom is 0.141 e. The fraction of sp³-hybridized carbons (Fsp3) is 0.200. The molecule has 2 nitrogen and oxygen atoms in total. The van der Waals surface area contributed by atoms with Crippen molar-refractivity contribution in [1.82, 2.24) is 0 Å². The highest BCUT2D eigenvalue weighted by molar-refractivity contribution is 6.31. The molecule has 0 heterocycles. The van der Waals surface area contributed by atoms with Crippen LogP contribution in [0.25, 0.3) is 0 Å². The van der Waals surface area contributed by atoms with Gasteiger partial charge in [0.15, 0.2) is 0 Å². The normalized spacial score (nSPS) is 11.9. The predicted molar refractivity (Wildman–Crippen MR) is 76.5 cm³/mol. The van der Waals surface area contributed by atoms with E-state index in [1.807, 2.05) is 48.5 Å². The second-order valence-corrected chi connectivity index (χ2v) is 4.50. The standard InChI is InChI=1S/C15H16ClNO/c1-11(12-7-3-4-8-13(12)16)17-14-9-5-6-10-15(14)18-2/h3-11,17H,1-2H3. The van der Waals surface area contributed by atoms with Crippen molar-refractivity contribution in [1.29, 1.82) is 0 Å². The Labute approximate surface area is 113 Å². The van der Waals surface area contributed by atoms with Crippen LogP contribution in [0.1, 0.15) is 18.5 Å². The number of benzene rings is 2. The van der Waals surface area contributed by atoms with Gasteiger partial charge in [0.1, 0.15) is 5.75 Å². The maximum atomic E-state index is 6.19. The predicted octanol–water partition coefficient (Wildman–Crippen LogP) is 4.52. The number of hydrogen-bond acceptors (Lipinski definition) is 2. The van der Waals surface area contributed by atoms with Gasteiger partial charge in [-0.25, -0.2) is 0 Å². The van der Waals surface area contributed by atoms with Crippen molar-refractivity contribution >= 4 is 17.3 Å². The highest BCUT2D eigenvalue weighted by atomic mass is 35.5. The molecule has 1 unspecified atom stereocenters. The molecule has 0 saturated carbocycles. The van der Waals surface area contributed by atoms with Crippen LogP contribution in [-0.4, -0.2) is 7.11 Å². The first kappa shape index (κ1) is 12.8. The number of para-hydroxylation sites is 2. The fourth-order valence-electron chi connectivity index (χ4n) is 1.90. The van der Waals surface area contributed by atoms with Crippen molar-refractivity contribution in [2.24, 2.45) is 0 Å². The van der Waals surface area contributed by atoms with Gasteiger partial charge in [0.2, 0.25) is 0 Å². The van der Waals surface area contributed by atoms with Crippen molar-refractivity contribution in [2.45, 2.75) is 13.0 Å². The number of anilines is 1. The second-order valence-electron chi connectivity index (χ2n) is 4.09. The molecule has 0 radical (unpaired) electrons. The first-order chi connectivity index (χ1) is 8.72. The Morgan fingerprint density at radius 3 is 2.44 bits per heavy atom. The summed E-state index contributed by atoms with van der Waals surface area (Å²) in [6.07, 6.45) is 0. The van der Waals surface area contributed by atoms with E-state index >= 15 is 0 Å². The van der Waals surface area contributed by atoms with Crippen LogP contribution in [0.5, 0.6) is 5.75 Å². The van der Waals surface area contributed by atoms with E-state index in [1.54, 1.807) is 7.11 Å². The molecular weight excluding hydrogens is 246 g/mol. The first-order valence-corrected chi connectivity index (χ1v) is 6.24. The van der Waals surface area contributed by atoms with E-state index in [0.29, 0.717) is 0 Å². The van der Waals surface area contributed by atoms with Gasteiger partial charge in [0.05, 0.1) is 18.8 Å². The summed E-state index contributed by atoms with van der Waals surface area (Å²) in [5, 5.41) is 4.18. The summed E-state index contributed by atoms with van der Waals surface area (Å²) in [5.41, 5.74) is 2.04. The molecule has 0 aliphatic rings. The SMILES string of the molecule is COc1ccccc1NC(C)c1ccccc1Cl. The van der Waals surface area contributed by atoms with Crippen LogP contribution in [0.15, 0.2) is 48.5 Å². The number of methoxy groups -OCH3 is 1. The van der Waals surface area contributed by atoms with Crippen LogP contribution < -0.4 is 10.1 Å². The Hall–Kier alpha value is -1.67. The highest BCUT2D eigenvalue weighted by Crippen LogP contribution is 2.30. The number of nitrogens with one attached hydrogen (secondary N) is 1. The summed E-state index contributed by atoms with van der Waals surface area (Å²) >= 11 is 6.19. The van der Waals surface area contributed by atoms with Gasteiger partial charge in [-0.3, -0.25) is 0 Å². The minimum atomic E-state index is 0.120. The number of rotatable bonds is 4. The molecule has 0 aliphatic carbocycles. The average molecular weight is 262 g/mol. The smallest absolute Gasteiger partial charge is 0.141 e. The van der Waals surface area contributed by atoms with Gasteiger partial charge in [-0.15, -0.1) is 0 Å². The molecule has 2 rings (SSSR count). The quantitative estimate of drug-likeness (QED) is 0.874. The molecule has 0 aliphatic heterocycles. The molecule has 0 fully saturated rings. The molecule has 0 bridgehead atoms. The zero-order chi connectivity index (χ0) is 13.0. The van der Waals surface area contributed by atoms with Crippen molar-refractivity contribution < 1.29 is 4.74 Å². The van der Waals surface area contributed by atoms with E-state index in [2.05, 4.69) is 12.2 Å². The summed E-state index contributed by atoms with van der Waals surface area (Å²) in [6.45, 7) is 2.08. The molecule has 2 aromatic carbocycles. The largest absolute Gasteiger partial charge is 0.495 e. The molecule has 0 spiro atoms. The monoisotopic (exact) mass is 261 g/mol. The third-order valence-electron chi connectivity index (χ3n) is 2.85. The zero-order valence-corrected chi connectivity index (χ0v) is 11.2.